The Hall–Kier alpha value is -2.90. The summed E-state index contributed by atoms with van der Waals surface area (Å²) >= 11 is 3.25. The predicted molar refractivity (Wildman–Crippen MR) is 113 cm³/mol. The van der Waals surface area contributed by atoms with Gasteiger partial charge in [0.2, 0.25) is 0 Å². The fraction of sp³-hybridized carbons (Fsp3) is 0.143. The molecule has 136 valence electrons. The van der Waals surface area contributed by atoms with Gasteiger partial charge in [0.15, 0.2) is 0 Å². The van der Waals surface area contributed by atoms with E-state index in [4.69, 9.17) is 10.1 Å². The standard InChI is InChI=1S/C21H14N4OS2/c26-21-13-5-9-28-20(13)19(12-3-7-22-8-4-12)24-25(21)17-11-14(17)15-1-2-18-16(23-15)6-10-27-18/h1-10,14,17H,11H2. The zero-order valence-electron chi connectivity index (χ0n) is 14.6. The average molecular weight is 403 g/mol. The first-order chi connectivity index (χ1) is 13.8. The molecule has 5 aromatic heterocycles. The summed E-state index contributed by atoms with van der Waals surface area (Å²) in [5.74, 6) is 0.232. The quantitative estimate of drug-likeness (QED) is 0.432. The van der Waals surface area contributed by atoms with Gasteiger partial charge in [-0.25, -0.2) is 4.68 Å². The van der Waals surface area contributed by atoms with Crippen LogP contribution in [0.5, 0.6) is 0 Å². The van der Waals surface area contributed by atoms with Gasteiger partial charge in [0.05, 0.1) is 26.3 Å². The monoisotopic (exact) mass is 402 g/mol. The molecule has 0 radical (unpaired) electrons. The number of rotatable bonds is 3. The molecule has 2 unspecified atom stereocenters. The Labute approximate surface area is 167 Å². The van der Waals surface area contributed by atoms with Crippen LogP contribution in [0.2, 0.25) is 0 Å². The van der Waals surface area contributed by atoms with Gasteiger partial charge in [0.1, 0.15) is 5.69 Å². The summed E-state index contributed by atoms with van der Waals surface area (Å²) in [5, 5.41) is 9.55. The third-order valence-corrected chi connectivity index (χ3v) is 7.05. The van der Waals surface area contributed by atoms with E-state index in [1.807, 2.05) is 29.6 Å². The van der Waals surface area contributed by atoms with Gasteiger partial charge in [-0.3, -0.25) is 14.8 Å². The topological polar surface area (TPSA) is 60.7 Å². The predicted octanol–water partition coefficient (Wildman–Crippen LogP) is 4.86. The molecule has 0 aliphatic heterocycles. The molecule has 28 heavy (non-hydrogen) atoms. The van der Waals surface area contributed by atoms with Crippen LogP contribution in [-0.2, 0) is 0 Å². The second-order valence-corrected chi connectivity index (χ2v) is 8.81. The first-order valence-corrected chi connectivity index (χ1v) is 10.8. The van der Waals surface area contributed by atoms with Gasteiger partial charge >= 0.3 is 0 Å². The Morgan fingerprint density at radius 1 is 1.00 bits per heavy atom. The highest BCUT2D eigenvalue weighted by molar-refractivity contribution is 7.17. The first kappa shape index (κ1) is 16.1. The molecule has 1 fully saturated rings. The lowest BCUT2D eigenvalue weighted by Crippen LogP contribution is -2.23. The van der Waals surface area contributed by atoms with E-state index in [0.717, 1.165) is 39.0 Å². The molecule has 0 bridgehead atoms. The lowest BCUT2D eigenvalue weighted by molar-refractivity contribution is 0.593. The molecule has 7 heteroatoms. The molecule has 2 atom stereocenters. The Bertz CT molecular complexity index is 1390. The maximum absolute atomic E-state index is 13.1. The largest absolute Gasteiger partial charge is 0.275 e. The van der Waals surface area contributed by atoms with Crippen LogP contribution < -0.4 is 5.56 Å². The number of aromatic nitrogens is 4. The van der Waals surface area contributed by atoms with Crippen LogP contribution in [0.3, 0.4) is 0 Å². The van der Waals surface area contributed by atoms with E-state index in [1.54, 1.807) is 39.7 Å². The maximum atomic E-state index is 13.1. The normalized spacial score (nSPS) is 18.7. The molecule has 0 spiro atoms. The van der Waals surface area contributed by atoms with Crippen molar-refractivity contribution in [1.29, 1.82) is 0 Å². The Morgan fingerprint density at radius 2 is 1.86 bits per heavy atom. The molecular formula is C21H14N4OS2. The molecule has 1 aliphatic carbocycles. The fourth-order valence-corrected chi connectivity index (χ4v) is 5.37. The maximum Gasteiger partial charge on any atom is 0.275 e. The minimum Gasteiger partial charge on any atom is -0.267 e. The van der Waals surface area contributed by atoms with Crippen LogP contribution >= 0.6 is 22.7 Å². The van der Waals surface area contributed by atoms with Crippen molar-refractivity contribution >= 4 is 43.0 Å². The average Bonchev–Trinajstić information content (AvgIpc) is 3.14. The molecule has 0 aromatic carbocycles. The van der Waals surface area contributed by atoms with Gasteiger partial charge in [-0.1, -0.05) is 0 Å². The third kappa shape index (κ3) is 2.43. The Morgan fingerprint density at radius 3 is 2.75 bits per heavy atom. The zero-order valence-corrected chi connectivity index (χ0v) is 16.3. The third-order valence-electron chi connectivity index (χ3n) is 5.26. The van der Waals surface area contributed by atoms with Gasteiger partial charge in [-0.15, -0.1) is 22.7 Å². The van der Waals surface area contributed by atoms with E-state index in [9.17, 15) is 4.79 Å². The molecule has 0 saturated heterocycles. The summed E-state index contributed by atoms with van der Waals surface area (Å²) in [5.41, 5.74) is 3.88. The van der Waals surface area contributed by atoms with Crippen molar-refractivity contribution < 1.29 is 0 Å². The lowest BCUT2D eigenvalue weighted by Gasteiger charge is -2.09. The summed E-state index contributed by atoms with van der Waals surface area (Å²) in [6, 6.07) is 12.1. The molecule has 5 nitrogen and oxygen atoms in total. The highest BCUT2D eigenvalue weighted by Gasteiger charge is 2.43. The molecular weight excluding hydrogens is 388 g/mol. The number of hydrogen-bond donors (Lipinski definition) is 0. The van der Waals surface area contributed by atoms with E-state index < -0.39 is 0 Å². The van der Waals surface area contributed by atoms with Crippen molar-refractivity contribution in [3.8, 4) is 11.3 Å². The number of hydrogen-bond acceptors (Lipinski definition) is 6. The molecule has 5 aromatic rings. The number of nitrogens with zero attached hydrogens (tertiary/aromatic N) is 4. The SMILES string of the molecule is O=c1c2ccsc2c(-c2ccncc2)nn1C1CC1c1ccc2sccc2n1. The van der Waals surface area contributed by atoms with Crippen LogP contribution in [0, 0.1) is 0 Å². The van der Waals surface area contributed by atoms with Gasteiger partial charge in [-0.05, 0) is 53.6 Å². The number of fused-ring (bicyclic) bond motifs is 2. The van der Waals surface area contributed by atoms with Crippen LogP contribution in [0.4, 0.5) is 0 Å². The summed E-state index contributed by atoms with van der Waals surface area (Å²) < 4.78 is 3.80. The minimum absolute atomic E-state index is 0.0156. The molecule has 0 amide bonds. The van der Waals surface area contributed by atoms with Crippen molar-refractivity contribution in [1.82, 2.24) is 19.7 Å². The lowest BCUT2D eigenvalue weighted by atomic mass is 10.1. The van der Waals surface area contributed by atoms with Crippen molar-refractivity contribution in [3.05, 3.63) is 75.6 Å². The second-order valence-electron chi connectivity index (χ2n) is 6.95. The van der Waals surface area contributed by atoms with E-state index in [2.05, 4.69) is 22.5 Å². The summed E-state index contributed by atoms with van der Waals surface area (Å²) in [6.07, 6.45) is 4.40. The van der Waals surface area contributed by atoms with Crippen molar-refractivity contribution in [2.45, 2.75) is 18.4 Å². The van der Waals surface area contributed by atoms with Gasteiger partial charge in [0.25, 0.3) is 5.56 Å². The van der Waals surface area contributed by atoms with Gasteiger partial charge < -0.3 is 0 Å². The van der Waals surface area contributed by atoms with Crippen molar-refractivity contribution in [2.75, 3.05) is 0 Å². The zero-order chi connectivity index (χ0) is 18.7. The van der Waals surface area contributed by atoms with Crippen LogP contribution in [0.25, 0.3) is 31.6 Å². The van der Waals surface area contributed by atoms with E-state index >= 15 is 0 Å². The molecule has 5 heterocycles. The Balaban J connectivity index is 1.46. The summed E-state index contributed by atoms with van der Waals surface area (Å²) in [4.78, 5) is 22.0. The fourth-order valence-electron chi connectivity index (χ4n) is 3.75. The van der Waals surface area contributed by atoms with E-state index in [0.29, 0.717) is 0 Å². The summed E-state index contributed by atoms with van der Waals surface area (Å²) in [6.45, 7) is 0. The number of thiophene rings is 2. The van der Waals surface area contributed by atoms with Crippen LogP contribution in [0.15, 0.2) is 64.3 Å². The van der Waals surface area contributed by atoms with Gasteiger partial charge in [0, 0.05) is 29.6 Å². The second kappa shape index (κ2) is 6.05. The molecule has 1 aliphatic rings. The smallest absolute Gasteiger partial charge is 0.267 e. The minimum atomic E-state index is -0.0156. The first-order valence-electron chi connectivity index (χ1n) is 9.04. The summed E-state index contributed by atoms with van der Waals surface area (Å²) in [7, 11) is 0. The molecule has 1 saturated carbocycles. The van der Waals surface area contributed by atoms with E-state index in [1.165, 1.54) is 4.70 Å². The number of pyridine rings is 2. The van der Waals surface area contributed by atoms with Crippen molar-refractivity contribution in [3.63, 3.8) is 0 Å². The Kier molecular flexibility index (Phi) is 3.48. The molecule has 0 N–H and O–H groups in total. The van der Waals surface area contributed by atoms with Crippen LogP contribution in [0.1, 0.15) is 24.1 Å². The highest BCUT2D eigenvalue weighted by Crippen LogP contribution is 2.50. The van der Waals surface area contributed by atoms with Crippen molar-refractivity contribution in [2.24, 2.45) is 0 Å². The van der Waals surface area contributed by atoms with Crippen LogP contribution in [-0.4, -0.2) is 19.7 Å². The van der Waals surface area contributed by atoms with E-state index in [-0.39, 0.29) is 17.5 Å². The van der Waals surface area contributed by atoms with Gasteiger partial charge in [-0.2, -0.15) is 5.10 Å². The highest BCUT2D eigenvalue weighted by atomic mass is 32.1. The molecule has 6 rings (SSSR count).